The Morgan fingerprint density at radius 2 is 1.68 bits per heavy atom. The normalized spacial score (nSPS) is 18.6. The number of carbonyl (C=O) groups excluding carboxylic acids is 2. The first-order valence-corrected chi connectivity index (χ1v) is 13.9. The molecular formula is C28H34N4O4S. The molecule has 4 N–H and O–H groups in total. The van der Waals surface area contributed by atoms with Crippen molar-refractivity contribution in [1.29, 1.82) is 0 Å². The number of nitrogens with two attached hydrogens (primary N) is 1. The lowest BCUT2D eigenvalue weighted by atomic mass is 9.93. The van der Waals surface area contributed by atoms with Crippen LogP contribution in [0.5, 0.6) is 0 Å². The van der Waals surface area contributed by atoms with Crippen LogP contribution in [0, 0.1) is 12.8 Å². The average Bonchev–Trinajstić information content (AvgIpc) is 2.84. The van der Waals surface area contributed by atoms with Crippen molar-refractivity contribution in [2.45, 2.75) is 50.6 Å². The molecule has 8 nitrogen and oxygen atoms in total. The predicted octanol–water partition coefficient (Wildman–Crippen LogP) is 3.65. The molecule has 0 aliphatic carbocycles. The Bertz CT molecular complexity index is 1450. The average molecular weight is 523 g/mol. The Morgan fingerprint density at radius 1 is 1.00 bits per heavy atom. The van der Waals surface area contributed by atoms with E-state index in [0.29, 0.717) is 41.5 Å². The third-order valence-electron chi connectivity index (χ3n) is 6.86. The first kappa shape index (κ1) is 26.8. The van der Waals surface area contributed by atoms with E-state index >= 15 is 0 Å². The molecule has 9 heteroatoms. The zero-order valence-corrected chi connectivity index (χ0v) is 22.4. The highest BCUT2D eigenvalue weighted by Crippen LogP contribution is 2.30. The topological polar surface area (TPSA) is 122 Å². The minimum atomic E-state index is -3.88. The van der Waals surface area contributed by atoms with Crippen molar-refractivity contribution in [3.8, 4) is 0 Å². The number of sulfonamides is 1. The molecule has 4 rings (SSSR count). The van der Waals surface area contributed by atoms with Crippen LogP contribution in [0.25, 0.3) is 10.8 Å². The van der Waals surface area contributed by atoms with Crippen LogP contribution in [0.1, 0.15) is 43.1 Å². The van der Waals surface area contributed by atoms with E-state index < -0.39 is 15.6 Å². The molecule has 1 aliphatic heterocycles. The van der Waals surface area contributed by atoms with Crippen LogP contribution < -0.4 is 15.8 Å². The number of piperidine rings is 1. The molecule has 1 aliphatic rings. The molecule has 0 bridgehead atoms. The third kappa shape index (κ3) is 5.69. The third-order valence-corrected chi connectivity index (χ3v) is 8.41. The second-order valence-corrected chi connectivity index (χ2v) is 12.1. The molecule has 0 aromatic heterocycles. The van der Waals surface area contributed by atoms with E-state index in [-0.39, 0.29) is 28.7 Å². The number of aryl methyl sites for hydroxylation is 1. The Hall–Kier alpha value is -3.27. The molecule has 2 amide bonds. The second-order valence-electron chi connectivity index (χ2n) is 10.4. The van der Waals surface area contributed by atoms with Gasteiger partial charge in [0.15, 0.2) is 0 Å². The van der Waals surface area contributed by atoms with Crippen molar-refractivity contribution < 1.29 is 18.0 Å². The highest BCUT2D eigenvalue weighted by atomic mass is 32.2. The highest BCUT2D eigenvalue weighted by molar-refractivity contribution is 7.89. The van der Waals surface area contributed by atoms with E-state index in [0.717, 1.165) is 5.56 Å². The quantitative estimate of drug-likeness (QED) is 0.456. The van der Waals surface area contributed by atoms with E-state index in [4.69, 9.17) is 5.73 Å². The van der Waals surface area contributed by atoms with E-state index in [1.165, 1.54) is 0 Å². The molecule has 3 aromatic carbocycles. The lowest BCUT2D eigenvalue weighted by molar-refractivity contribution is -0.137. The number of hydrogen-bond acceptors (Lipinski definition) is 5. The van der Waals surface area contributed by atoms with Gasteiger partial charge in [-0.1, -0.05) is 49.4 Å². The van der Waals surface area contributed by atoms with Crippen LogP contribution in [0.4, 0.5) is 5.69 Å². The zero-order valence-electron chi connectivity index (χ0n) is 21.6. The molecule has 37 heavy (non-hydrogen) atoms. The lowest BCUT2D eigenvalue weighted by Crippen LogP contribution is -2.57. The standard InChI is InChI=1S/C28H34N4O4S/c1-18-9-5-6-10-20(18)26(33)30-24-13-7-12-22-21(24)11-8-14-25(22)37(35,36)31-23-15-16-32(17-19(23)2)27(34)28(3,4)29/h5-14,19,23,31H,15-17,29H2,1-4H3,(H,30,33)/t19-,23-/m1/s1. The first-order valence-electron chi connectivity index (χ1n) is 12.4. The van der Waals surface area contributed by atoms with Crippen molar-refractivity contribution >= 4 is 38.3 Å². The number of benzene rings is 3. The Labute approximate surface area is 218 Å². The van der Waals surface area contributed by atoms with Crippen molar-refractivity contribution in [2.75, 3.05) is 18.4 Å². The number of nitrogens with one attached hydrogen (secondary N) is 2. The smallest absolute Gasteiger partial charge is 0.255 e. The van der Waals surface area contributed by atoms with E-state index in [1.807, 2.05) is 26.0 Å². The van der Waals surface area contributed by atoms with Crippen LogP contribution in [-0.2, 0) is 14.8 Å². The van der Waals surface area contributed by atoms with Gasteiger partial charge in [-0.2, -0.15) is 0 Å². The number of nitrogens with zero attached hydrogens (tertiary/aromatic N) is 1. The lowest BCUT2D eigenvalue weighted by Gasteiger charge is -2.39. The fraction of sp³-hybridized carbons (Fsp3) is 0.357. The Balaban J connectivity index is 1.57. The molecule has 0 spiro atoms. The molecule has 3 aromatic rings. The summed E-state index contributed by atoms with van der Waals surface area (Å²) in [6.45, 7) is 8.00. The number of carbonyl (C=O) groups is 2. The summed E-state index contributed by atoms with van der Waals surface area (Å²) in [7, 11) is -3.88. The number of amides is 2. The van der Waals surface area contributed by atoms with Gasteiger partial charge in [0.05, 0.1) is 10.4 Å². The summed E-state index contributed by atoms with van der Waals surface area (Å²) in [5, 5.41) is 4.08. The van der Waals surface area contributed by atoms with Crippen molar-refractivity contribution in [2.24, 2.45) is 11.7 Å². The van der Waals surface area contributed by atoms with Crippen LogP contribution >= 0.6 is 0 Å². The summed E-state index contributed by atoms with van der Waals surface area (Å²) in [6, 6.07) is 17.2. The van der Waals surface area contributed by atoms with Crippen LogP contribution in [-0.4, -0.2) is 49.8 Å². The summed E-state index contributed by atoms with van der Waals surface area (Å²) in [6.07, 6.45) is 0.491. The monoisotopic (exact) mass is 522 g/mol. The van der Waals surface area contributed by atoms with Crippen molar-refractivity contribution in [3.05, 3.63) is 71.8 Å². The van der Waals surface area contributed by atoms with Gasteiger partial charge < -0.3 is 16.0 Å². The molecule has 0 saturated carbocycles. The maximum Gasteiger partial charge on any atom is 0.255 e. The molecule has 1 fully saturated rings. The van der Waals surface area contributed by atoms with Gasteiger partial charge in [-0.05, 0) is 56.9 Å². The van der Waals surface area contributed by atoms with Gasteiger partial charge in [-0.25, -0.2) is 13.1 Å². The van der Waals surface area contributed by atoms with Crippen LogP contribution in [0.3, 0.4) is 0 Å². The summed E-state index contributed by atoms with van der Waals surface area (Å²) in [5.41, 5.74) is 6.95. The fourth-order valence-electron chi connectivity index (χ4n) is 4.82. The molecule has 196 valence electrons. The number of fused-ring (bicyclic) bond motifs is 1. The van der Waals surface area contributed by atoms with E-state index in [2.05, 4.69) is 10.0 Å². The molecule has 1 saturated heterocycles. The van der Waals surface area contributed by atoms with Crippen LogP contribution in [0.2, 0.25) is 0 Å². The summed E-state index contributed by atoms with van der Waals surface area (Å²) in [5.74, 6) is -0.489. The largest absolute Gasteiger partial charge is 0.341 e. The van der Waals surface area contributed by atoms with Gasteiger partial charge in [-0.15, -0.1) is 0 Å². The Morgan fingerprint density at radius 3 is 2.35 bits per heavy atom. The van der Waals surface area contributed by atoms with Crippen LogP contribution in [0.15, 0.2) is 65.6 Å². The fourth-order valence-corrected chi connectivity index (χ4v) is 6.42. The van der Waals surface area contributed by atoms with Gasteiger partial charge >= 0.3 is 0 Å². The molecule has 0 unspecified atom stereocenters. The van der Waals surface area contributed by atoms with Gasteiger partial charge in [-0.3, -0.25) is 9.59 Å². The maximum absolute atomic E-state index is 13.5. The first-order chi connectivity index (χ1) is 17.4. The zero-order chi connectivity index (χ0) is 27.0. The van der Waals surface area contributed by atoms with Gasteiger partial charge in [0.2, 0.25) is 15.9 Å². The molecular weight excluding hydrogens is 488 g/mol. The molecule has 2 atom stereocenters. The van der Waals surface area contributed by atoms with E-state index in [9.17, 15) is 18.0 Å². The van der Waals surface area contributed by atoms with Crippen molar-refractivity contribution in [3.63, 3.8) is 0 Å². The highest BCUT2D eigenvalue weighted by Gasteiger charge is 2.36. The number of anilines is 1. The van der Waals surface area contributed by atoms with Gasteiger partial charge in [0.1, 0.15) is 0 Å². The number of hydrogen-bond donors (Lipinski definition) is 3. The molecule has 1 heterocycles. The second kappa shape index (κ2) is 10.2. The van der Waals surface area contributed by atoms with Crippen molar-refractivity contribution in [1.82, 2.24) is 9.62 Å². The van der Waals surface area contributed by atoms with E-state index in [1.54, 1.807) is 67.3 Å². The predicted molar refractivity (Wildman–Crippen MR) is 146 cm³/mol. The maximum atomic E-state index is 13.5. The minimum absolute atomic E-state index is 0.0891. The SMILES string of the molecule is Cc1ccccc1C(=O)Nc1cccc2c(S(=O)(=O)N[C@@H]3CCN(C(=O)C(C)(C)N)C[C@H]3C)cccc12. The number of likely N-dealkylation sites (tertiary alicyclic amines) is 1. The summed E-state index contributed by atoms with van der Waals surface area (Å²) >= 11 is 0. The van der Waals surface area contributed by atoms with Gasteiger partial charge in [0, 0.05) is 41.2 Å². The summed E-state index contributed by atoms with van der Waals surface area (Å²) < 4.78 is 29.9. The molecule has 0 radical (unpaired) electrons. The Kier molecular flexibility index (Phi) is 7.41. The van der Waals surface area contributed by atoms with Gasteiger partial charge in [0.25, 0.3) is 5.91 Å². The summed E-state index contributed by atoms with van der Waals surface area (Å²) in [4.78, 5) is 27.3. The number of rotatable bonds is 6. The minimum Gasteiger partial charge on any atom is -0.341 e.